The Morgan fingerprint density at radius 1 is 1.78 bits per heavy atom. The van der Waals surface area contributed by atoms with Gasteiger partial charge in [-0.1, -0.05) is 6.08 Å². The average molecular weight is 129 g/mol. The molecule has 0 radical (unpaired) electrons. The van der Waals surface area contributed by atoms with Gasteiger partial charge in [-0.2, -0.15) is 0 Å². The second-order valence-corrected chi connectivity index (χ2v) is 2.32. The van der Waals surface area contributed by atoms with Gasteiger partial charge >= 0.3 is 0 Å². The maximum Gasteiger partial charge on any atom is 0.0790 e. The number of nitrogens with two attached hydrogens (primary N) is 1. The van der Waals surface area contributed by atoms with Gasteiger partial charge in [0.25, 0.3) is 0 Å². The van der Waals surface area contributed by atoms with E-state index >= 15 is 0 Å². The van der Waals surface area contributed by atoms with Crippen molar-refractivity contribution in [1.29, 1.82) is 0 Å². The largest absolute Gasteiger partial charge is 0.392 e. The van der Waals surface area contributed by atoms with Gasteiger partial charge in [0.2, 0.25) is 0 Å². The van der Waals surface area contributed by atoms with Gasteiger partial charge in [0.1, 0.15) is 0 Å². The summed E-state index contributed by atoms with van der Waals surface area (Å²) < 4.78 is 0. The molecule has 0 aromatic rings. The Labute approximate surface area is 53.8 Å². The normalized spacial score (nSPS) is 34.8. The summed E-state index contributed by atoms with van der Waals surface area (Å²) in [5.74, 6) is 0. The first-order valence-corrected chi connectivity index (χ1v) is 2.99. The van der Waals surface area contributed by atoms with Gasteiger partial charge in [-0.3, -0.25) is 0 Å². The molecule has 0 unspecified atom stereocenters. The SMILES string of the molecule is N[C@@H]1C=C(CO)[C@@H](O)C1. The Kier molecular flexibility index (Phi) is 1.85. The number of hydrogen-bond donors (Lipinski definition) is 3. The first kappa shape index (κ1) is 6.74. The lowest BCUT2D eigenvalue weighted by Gasteiger charge is -2.03. The first-order chi connectivity index (χ1) is 4.24. The van der Waals surface area contributed by atoms with Crippen LogP contribution in [0.2, 0.25) is 0 Å². The maximum absolute atomic E-state index is 9.05. The van der Waals surface area contributed by atoms with Crippen LogP contribution in [0.4, 0.5) is 0 Å². The van der Waals surface area contributed by atoms with E-state index in [-0.39, 0.29) is 12.6 Å². The number of aliphatic hydroxyl groups is 2. The molecule has 9 heavy (non-hydrogen) atoms. The molecule has 3 nitrogen and oxygen atoms in total. The van der Waals surface area contributed by atoms with E-state index in [0.717, 1.165) is 0 Å². The molecule has 0 aromatic carbocycles. The smallest absolute Gasteiger partial charge is 0.0790 e. The van der Waals surface area contributed by atoms with Gasteiger partial charge in [0.15, 0.2) is 0 Å². The predicted molar refractivity (Wildman–Crippen MR) is 33.8 cm³/mol. The minimum absolute atomic E-state index is 0.0675. The standard InChI is InChI=1S/C6H11NO2/c7-5-1-4(3-8)6(9)2-5/h1,5-6,8-9H,2-3,7H2/t5-,6+/m1/s1. The molecular formula is C6H11NO2. The molecule has 0 saturated heterocycles. The van der Waals surface area contributed by atoms with E-state index in [1.54, 1.807) is 6.08 Å². The third kappa shape index (κ3) is 1.30. The van der Waals surface area contributed by atoms with E-state index in [0.29, 0.717) is 12.0 Å². The lowest BCUT2D eigenvalue weighted by molar-refractivity contribution is 0.187. The van der Waals surface area contributed by atoms with E-state index in [9.17, 15) is 0 Å². The summed E-state index contributed by atoms with van der Waals surface area (Å²) in [4.78, 5) is 0. The molecule has 3 heteroatoms. The number of rotatable bonds is 1. The van der Waals surface area contributed by atoms with Crippen molar-refractivity contribution in [2.75, 3.05) is 6.61 Å². The lowest BCUT2D eigenvalue weighted by atomic mass is 10.2. The molecule has 2 atom stereocenters. The first-order valence-electron chi connectivity index (χ1n) is 2.99. The van der Waals surface area contributed by atoms with Crippen LogP contribution in [0.1, 0.15) is 6.42 Å². The Morgan fingerprint density at radius 2 is 2.44 bits per heavy atom. The molecule has 0 aliphatic heterocycles. The Balaban J connectivity index is 2.57. The minimum Gasteiger partial charge on any atom is -0.392 e. The van der Waals surface area contributed by atoms with E-state index in [1.807, 2.05) is 0 Å². The summed E-state index contributed by atoms with van der Waals surface area (Å²) in [6.07, 6.45) is 1.76. The molecule has 52 valence electrons. The zero-order valence-corrected chi connectivity index (χ0v) is 5.12. The van der Waals surface area contributed by atoms with Gasteiger partial charge in [0, 0.05) is 6.04 Å². The van der Waals surface area contributed by atoms with Crippen molar-refractivity contribution in [2.24, 2.45) is 5.73 Å². The lowest BCUT2D eigenvalue weighted by Crippen LogP contribution is -2.17. The molecule has 0 heterocycles. The van der Waals surface area contributed by atoms with Gasteiger partial charge in [-0.25, -0.2) is 0 Å². The predicted octanol–water partition coefficient (Wildman–Crippen LogP) is -1.00. The third-order valence-corrected chi connectivity index (χ3v) is 1.53. The quantitative estimate of drug-likeness (QED) is 0.398. The molecule has 1 aliphatic rings. The highest BCUT2D eigenvalue weighted by Crippen LogP contribution is 2.16. The van der Waals surface area contributed by atoms with Crippen LogP contribution in [-0.4, -0.2) is 29.0 Å². The van der Waals surface area contributed by atoms with Crippen molar-refractivity contribution in [3.63, 3.8) is 0 Å². The zero-order chi connectivity index (χ0) is 6.85. The number of aliphatic hydroxyl groups excluding tert-OH is 2. The third-order valence-electron chi connectivity index (χ3n) is 1.53. The summed E-state index contributed by atoms with van der Waals surface area (Å²) in [7, 11) is 0. The van der Waals surface area contributed by atoms with Crippen molar-refractivity contribution in [3.8, 4) is 0 Å². The summed E-state index contributed by atoms with van der Waals surface area (Å²) >= 11 is 0. The Hall–Kier alpha value is -0.380. The van der Waals surface area contributed by atoms with Crippen molar-refractivity contribution < 1.29 is 10.2 Å². The van der Waals surface area contributed by atoms with Crippen LogP contribution < -0.4 is 5.73 Å². The minimum atomic E-state index is -0.509. The van der Waals surface area contributed by atoms with Crippen LogP contribution in [0, 0.1) is 0 Å². The van der Waals surface area contributed by atoms with Crippen molar-refractivity contribution >= 4 is 0 Å². The highest BCUT2D eigenvalue weighted by Gasteiger charge is 2.20. The van der Waals surface area contributed by atoms with E-state index in [4.69, 9.17) is 15.9 Å². The second-order valence-electron chi connectivity index (χ2n) is 2.32. The molecule has 0 aromatic heterocycles. The van der Waals surface area contributed by atoms with Gasteiger partial charge in [-0.05, 0) is 12.0 Å². The van der Waals surface area contributed by atoms with Crippen LogP contribution in [0.3, 0.4) is 0 Å². The molecule has 0 saturated carbocycles. The van der Waals surface area contributed by atoms with Crippen LogP contribution in [0.5, 0.6) is 0 Å². The molecule has 1 aliphatic carbocycles. The molecule has 0 amide bonds. The molecule has 0 fully saturated rings. The second kappa shape index (κ2) is 2.47. The summed E-state index contributed by atoms with van der Waals surface area (Å²) in [5, 5.41) is 17.6. The molecular weight excluding hydrogens is 118 g/mol. The van der Waals surface area contributed by atoms with E-state index < -0.39 is 6.10 Å². The monoisotopic (exact) mass is 129 g/mol. The van der Waals surface area contributed by atoms with Crippen LogP contribution in [0.15, 0.2) is 11.6 Å². The summed E-state index contributed by atoms with van der Waals surface area (Å²) in [6.45, 7) is -0.0745. The fraction of sp³-hybridized carbons (Fsp3) is 0.667. The van der Waals surface area contributed by atoms with E-state index in [1.165, 1.54) is 0 Å². The Bertz CT molecular complexity index is 133. The molecule has 0 spiro atoms. The maximum atomic E-state index is 9.05. The fourth-order valence-electron chi connectivity index (χ4n) is 1.02. The summed E-state index contributed by atoms with van der Waals surface area (Å²) in [6, 6.07) is -0.0675. The number of hydrogen-bond acceptors (Lipinski definition) is 3. The highest BCUT2D eigenvalue weighted by molar-refractivity contribution is 5.18. The Morgan fingerprint density at radius 3 is 2.67 bits per heavy atom. The van der Waals surface area contributed by atoms with Gasteiger partial charge < -0.3 is 15.9 Å². The average Bonchev–Trinajstić information content (AvgIpc) is 2.10. The fourth-order valence-corrected chi connectivity index (χ4v) is 1.02. The molecule has 0 bridgehead atoms. The van der Waals surface area contributed by atoms with Gasteiger partial charge in [0.05, 0.1) is 12.7 Å². The van der Waals surface area contributed by atoms with Crippen molar-refractivity contribution in [3.05, 3.63) is 11.6 Å². The van der Waals surface area contributed by atoms with Crippen molar-refractivity contribution in [2.45, 2.75) is 18.6 Å². The van der Waals surface area contributed by atoms with Crippen LogP contribution in [0.25, 0.3) is 0 Å². The highest BCUT2D eigenvalue weighted by atomic mass is 16.3. The topological polar surface area (TPSA) is 66.5 Å². The van der Waals surface area contributed by atoms with E-state index in [2.05, 4.69) is 0 Å². The van der Waals surface area contributed by atoms with Crippen LogP contribution >= 0.6 is 0 Å². The molecule has 4 N–H and O–H groups in total. The summed E-state index contributed by atoms with van der Waals surface area (Å²) in [5.41, 5.74) is 6.10. The molecule has 1 rings (SSSR count). The van der Waals surface area contributed by atoms with Crippen LogP contribution in [-0.2, 0) is 0 Å². The van der Waals surface area contributed by atoms with Gasteiger partial charge in [-0.15, -0.1) is 0 Å². The zero-order valence-electron chi connectivity index (χ0n) is 5.12. The van der Waals surface area contributed by atoms with Crippen molar-refractivity contribution in [1.82, 2.24) is 0 Å².